The fourth-order valence-corrected chi connectivity index (χ4v) is 2.86. The van der Waals surface area contributed by atoms with Crippen LogP contribution in [0.3, 0.4) is 0 Å². The van der Waals surface area contributed by atoms with Crippen molar-refractivity contribution >= 4 is 52.9 Å². The van der Waals surface area contributed by atoms with Crippen LogP contribution in [0.5, 0.6) is 11.5 Å². The molecule has 3 rings (SSSR count). The monoisotopic (exact) mass is 485 g/mol. The van der Waals surface area contributed by atoms with E-state index in [9.17, 15) is 14.4 Å². The van der Waals surface area contributed by atoms with Gasteiger partial charge in [-0.2, -0.15) is 5.10 Å². The van der Waals surface area contributed by atoms with Crippen LogP contribution >= 0.6 is 23.2 Å². The van der Waals surface area contributed by atoms with Crippen LogP contribution < -0.4 is 20.2 Å². The van der Waals surface area contributed by atoms with E-state index in [4.69, 9.17) is 32.7 Å². The highest BCUT2D eigenvalue weighted by Crippen LogP contribution is 2.28. The SMILES string of the molecule is COc1cc(/C=N/NC(=O)C(=O)Nc2ccc(Cl)c(Cl)c2)ccc1OC(=O)c1ccccc1. The van der Waals surface area contributed by atoms with Gasteiger partial charge in [0.25, 0.3) is 0 Å². The first-order valence-electron chi connectivity index (χ1n) is 9.42. The summed E-state index contributed by atoms with van der Waals surface area (Å²) in [5, 5.41) is 6.69. The van der Waals surface area contributed by atoms with Gasteiger partial charge in [-0.1, -0.05) is 41.4 Å². The predicted octanol–water partition coefficient (Wildman–Crippen LogP) is 4.31. The number of nitrogens with zero attached hydrogens (tertiary/aromatic N) is 1. The lowest BCUT2D eigenvalue weighted by Gasteiger charge is -2.10. The number of rotatable bonds is 6. The molecule has 8 nitrogen and oxygen atoms in total. The van der Waals surface area contributed by atoms with E-state index in [1.54, 1.807) is 42.5 Å². The summed E-state index contributed by atoms with van der Waals surface area (Å²) in [6.45, 7) is 0. The maximum atomic E-state index is 12.2. The number of methoxy groups -OCH3 is 1. The van der Waals surface area contributed by atoms with Crippen molar-refractivity contribution in [3.8, 4) is 11.5 Å². The van der Waals surface area contributed by atoms with Crippen LogP contribution in [0.15, 0.2) is 71.8 Å². The number of esters is 1. The highest BCUT2D eigenvalue weighted by Gasteiger charge is 2.14. The van der Waals surface area contributed by atoms with Crippen molar-refractivity contribution in [3.63, 3.8) is 0 Å². The third kappa shape index (κ3) is 6.55. The Bertz CT molecular complexity index is 1220. The summed E-state index contributed by atoms with van der Waals surface area (Å²) in [7, 11) is 1.42. The summed E-state index contributed by atoms with van der Waals surface area (Å²) in [4.78, 5) is 36.2. The standard InChI is InChI=1S/C23H17Cl2N3O5/c1-32-20-11-14(7-10-19(20)33-23(31)15-5-3-2-4-6-15)13-26-28-22(30)21(29)27-16-8-9-17(24)18(25)12-16/h2-13H,1H3,(H,27,29)(H,28,30)/b26-13+. The molecule has 0 heterocycles. The van der Waals surface area contributed by atoms with Crippen LogP contribution in [0.1, 0.15) is 15.9 Å². The number of hydrazone groups is 1. The quantitative estimate of drug-likeness (QED) is 0.178. The van der Waals surface area contributed by atoms with Gasteiger partial charge in [-0.15, -0.1) is 0 Å². The van der Waals surface area contributed by atoms with Crippen molar-refractivity contribution in [2.45, 2.75) is 0 Å². The average Bonchev–Trinajstić information content (AvgIpc) is 2.82. The van der Waals surface area contributed by atoms with E-state index in [2.05, 4.69) is 15.8 Å². The van der Waals surface area contributed by atoms with Gasteiger partial charge >= 0.3 is 17.8 Å². The summed E-state index contributed by atoms with van der Waals surface area (Å²) in [5.74, 6) is -1.96. The van der Waals surface area contributed by atoms with Crippen LogP contribution in [0.4, 0.5) is 5.69 Å². The van der Waals surface area contributed by atoms with Crippen LogP contribution in [-0.2, 0) is 9.59 Å². The molecule has 0 fully saturated rings. The van der Waals surface area contributed by atoms with Gasteiger partial charge in [-0.25, -0.2) is 10.2 Å². The Labute approximate surface area is 199 Å². The first kappa shape index (κ1) is 23.8. The number of carbonyl (C=O) groups excluding carboxylic acids is 3. The molecule has 0 saturated heterocycles. The summed E-state index contributed by atoms with van der Waals surface area (Å²) in [6, 6.07) is 17.6. The predicted molar refractivity (Wildman–Crippen MR) is 125 cm³/mol. The van der Waals surface area contributed by atoms with Crippen molar-refractivity contribution in [1.82, 2.24) is 5.43 Å². The fourth-order valence-electron chi connectivity index (χ4n) is 2.56. The number of amides is 2. The van der Waals surface area contributed by atoms with Crippen LogP contribution in [0, 0.1) is 0 Å². The number of hydrogen-bond donors (Lipinski definition) is 2. The Morgan fingerprint density at radius 3 is 2.33 bits per heavy atom. The Morgan fingerprint density at radius 2 is 1.64 bits per heavy atom. The first-order chi connectivity index (χ1) is 15.9. The number of carbonyl (C=O) groups is 3. The molecule has 0 saturated carbocycles. The molecule has 10 heteroatoms. The molecule has 0 atom stereocenters. The molecule has 0 aromatic heterocycles. The van der Waals surface area contributed by atoms with Crippen molar-refractivity contribution < 1.29 is 23.9 Å². The van der Waals surface area contributed by atoms with Crippen molar-refractivity contribution in [2.24, 2.45) is 5.10 Å². The minimum absolute atomic E-state index is 0.216. The molecule has 2 amide bonds. The Hall–Kier alpha value is -3.88. The molecule has 33 heavy (non-hydrogen) atoms. The lowest BCUT2D eigenvalue weighted by atomic mass is 10.2. The Kier molecular flexibility index (Phi) is 8.01. The number of hydrogen-bond acceptors (Lipinski definition) is 6. The molecule has 0 aliphatic carbocycles. The summed E-state index contributed by atoms with van der Waals surface area (Å²) < 4.78 is 10.6. The molecule has 0 aliphatic rings. The smallest absolute Gasteiger partial charge is 0.343 e. The second-order valence-electron chi connectivity index (χ2n) is 6.45. The van der Waals surface area contributed by atoms with E-state index in [1.807, 2.05) is 0 Å². The van der Waals surface area contributed by atoms with E-state index in [-0.39, 0.29) is 16.5 Å². The van der Waals surface area contributed by atoms with Crippen molar-refractivity contribution in [3.05, 3.63) is 87.9 Å². The zero-order chi connectivity index (χ0) is 23.8. The van der Waals surface area contributed by atoms with E-state index in [0.717, 1.165) is 0 Å². The van der Waals surface area contributed by atoms with Gasteiger partial charge in [0, 0.05) is 5.69 Å². The molecule has 0 bridgehead atoms. The number of nitrogens with one attached hydrogen (secondary N) is 2. The molecule has 0 radical (unpaired) electrons. The number of ether oxygens (including phenoxy) is 2. The molecular formula is C23H17Cl2N3O5. The van der Waals surface area contributed by atoms with Crippen LogP contribution in [0.2, 0.25) is 10.0 Å². The Balaban J connectivity index is 1.60. The largest absolute Gasteiger partial charge is 0.493 e. The zero-order valence-electron chi connectivity index (χ0n) is 17.2. The van der Waals surface area contributed by atoms with Crippen molar-refractivity contribution in [2.75, 3.05) is 12.4 Å². The molecule has 2 N–H and O–H groups in total. The maximum Gasteiger partial charge on any atom is 0.343 e. The van der Waals surface area contributed by atoms with Gasteiger partial charge in [0.2, 0.25) is 0 Å². The highest BCUT2D eigenvalue weighted by molar-refractivity contribution is 6.43. The van der Waals surface area contributed by atoms with Crippen molar-refractivity contribution in [1.29, 1.82) is 0 Å². The second kappa shape index (κ2) is 11.1. The van der Waals surface area contributed by atoms with Crippen LogP contribution in [-0.4, -0.2) is 31.1 Å². The molecule has 3 aromatic rings. The highest BCUT2D eigenvalue weighted by atomic mass is 35.5. The topological polar surface area (TPSA) is 106 Å². The first-order valence-corrected chi connectivity index (χ1v) is 10.2. The third-order valence-electron chi connectivity index (χ3n) is 4.16. The maximum absolute atomic E-state index is 12.2. The zero-order valence-corrected chi connectivity index (χ0v) is 18.7. The minimum Gasteiger partial charge on any atom is -0.493 e. The van der Waals surface area contributed by atoms with Gasteiger partial charge in [-0.05, 0) is 54.1 Å². The third-order valence-corrected chi connectivity index (χ3v) is 4.90. The molecule has 168 valence electrons. The molecular weight excluding hydrogens is 469 g/mol. The molecule has 0 aliphatic heterocycles. The summed E-state index contributed by atoms with van der Waals surface area (Å²) >= 11 is 11.7. The normalized spacial score (nSPS) is 10.5. The number of benzene rings is 3. The van der Waals surface area contributed by atoms with Gasteiger partial charge in [-0.3, -0.25) is 9.59 Å². The molecule has 0 unspecified atom stereocenters. The van der Waals surface area contributed by atoms with E-state index in [1.165, 1.54) is 37.6 Å². The molecule has 3 aromatic carbocycles. The number of anilines is 1. The lowest BCUT2D eigenvalue weighted by Crippen LogP contribution is -2.32. The summed E-state index contributed by atoms with van der Waals surface area (Å²) in [6.07, 6.45) is 1.30. The molecule has 0 spiro atoms. The lowest BCUT2D eigenvalue weighted by molar-refractivity contribution is -0.136. The fraction of sp³-hybridized carbons (Fsp3) is 0.0435. The van der Waals surface area contributed by atoms with Crippen LogP contribution in [0.25, 0.3) is 0 Å². The Morgan fingerprint density at radius 1 is 0.879 bits per heavy atom. The summed E-state index contributed by atoms with van der Waals surface area (Å²) in [5.41, 5.74) is 3.34. The number of halogens is 2. The minimum atomic E-state index is -0.988. The average molecular weight is 486 g/mol. The van der Waals surface area contributed by atoms with Gasteiger partial charge in [0.15, 0.2) is 11.5 Å². The van der Waals surface area contributed by atoms with Gasteiger partial charge in [0.1, 0.15) is 0 Å². The van der Waals surface area contributed by atoms with E-state index >= 15 is 0 Å². The van der Waals surface area contributed by atoms with Gasteiger partial charge < -0.3 is 14.8 Å². The van der Waals surface area contributed by atoms with E-state index < -0.39 is 17.8 Å². The second-order valence-corrected chi connectivity index (χ2v) is 7.26. The van der Waals surface area contributed by atoms with Gasteiger partial charge in [0.05, 0.1) is 28.9 Å². The van der Waals surface area contributed by atoms with E-state index in [0.29, 0.717) is 21.8 Å².